The Kier molecular flexibility index (Phi) is 5.24. The Hall–Kier alpha value is -1.11. The molecule has 1 unspecified atom stereocenters. The Bertz CT molecular complexity index is 553. The van der Waals surface area contributed by atoms with Gasteiger partial charge in [-0.2, -0.15) is 0 Å². The second-order valence-corrected chi connectivity index (χ2v) is 8.10. The van der Waals surface area contributed by atoms with E-state index in [0.29, 0.717) is 19.1 Å². The van der Waals surface area contributed by atoms with Crippen molar-refractivity contribution in [3.05, 3.63) is 29.8 Å². The molecule has 0 radical (unpaired) electrons. The largest absolute Gasteiger partial charge is 0.497 e. The summed E-state index contributed by atoms with van der Waals surface area (Å²) in [5, 5.41) is 2.86. The van der Waals surface area contributed by atoms with Crippen LogP contribution in [0.25, 0.3) is 0 Å². The number of hydrogen-bond donors (Lipinski definition) is 1. The Labute approximate surface area is 127 Å². The van der Waals surface area contributed by atoms with Gasteiger partial charge in [0.15, 0.2) is 0 Å². The first kappa shape index (κ1) is 16.3. The number of benzene rings is 1. The zero-order valence-electron chi connectivity index (χ0n) is 12.9. The molecule has 1 aromatic rings. The van der Waals surface area contributed by atoms with Crippen LogP contribution in [0.4, 0.5) is 0 Å². The summed E-state index contributed by atoms with van der Waals surface area (Å²) in [5.41, 5.74) is 0.948. The van der Waals surface area contributed by atoms with Crippen molar-refractivity contribution in [1.29, 1.82) is 0 Å². The summed E-state index contributed by atoms with van der Waals surface area (Å²) in [5.74, 6) is 0.770. The van der Waals surface area contributed by atoms with Crippen LogP contribution in [0.3, 0.4) is 0 Å². The van der Waals surface area contributed by atoms with Crippen LogP contribution in [0.5, 0.6) is 5.75 Å². The number of nitrogens with zero attached hydrogens (tertiary/aromatic N) is 1. The predicted molar refractivity (Wildman–Crippen MR) is 83.9 cm³/mol. The molecule has 118 valence electrons. The molecule has 6 heteroatoms. The van der Waals surface area contributed by atoms with Crippen LogP contribution >= 0.6 is 0 Å². The summed E-state index contributed by atoms with van der Waals surface area (Å²) >= 11 is 0. The van der Waals surface area contributed by atoms with Crippen LogP contribution in [0.1, 0.15) is 25.3 Å². The highest BCUT2D eigenvalue weighted by atomic mass is 32.2. The van der Waals surface area contributed by atoms with Crippen molar-refractivity contribution in [3.8, 4) is 5.75 Å². The first-order valence-corrected chi connectivity index (χ1v) is 8.75. The molecule has 1 aliphatic carbocycles. The number of nitrogens with one attached hydrogen (secondary N) is 1. The molecule has 1 saturated carbocycles. The van der Waals surface area contributed by atoms with E-state index in [4.69, 9.17) is 4.74 Å². The maximum absolute atomic E-state index is 12.5. The van der Waals surface area contributed by atoms with E-state index in [2.05, 4.69) is 5.32 Å². The van der Waals surface area contributed by atoms with Gasteiger partial charge in [0.25, 0.3) is 0 Å². The van der Waals surface area contributed by atoms with Crippen LogP contribution in [-0.4, -0.2) is 44.7 Å². The van der Waals surface area contributed by atoms with Crippen LogP contribution in [0.2, 0.25) is 0 Å². The van der Waals surface area contributed by atoms with Gasteiger partial charge in [-0.1, -0.05) is 12.1 Å². The first-order valence-electron chi connectivity index (χ1n) is 7.25. The van der Waals surface area contributed by atoms with Gasteiger partial charge in [0.1, 0.15) is 5.75 Å². The summed E-state index contributed by atoms with van der Waals surface area (Å²) in [6.45, 7) is 2.65. The van der Waals surface area contributed by atoms with Crippen molar-refractivity contribution in [2.24, 2.45) is 0 Å². The fourth-order valence-corrected chi connectivity index (χ4v) is 3.36. The molecule has 0 aromatic heterocycles. The van der Waals surface area contributed by atoms with E-state index in [1.165, 1.54) is 4.31 Å². The van der Waals surface area contributed by atoms with Gasteiger partial charge in [0.2, 0.25) is 10.0 Å². The molecule has 1 N–H and O–H groups in total. The maximum atomic E-state index is 12.5. The number of hydrogen-bond acceptors (Lipinski definition) is 4. The fraction of sp³-hybridized carbons (Fsp3) is 0.600. The van der Waals surface area contributed by atoms with Crippen molar-refractivity contribution in [1.82, 2.24) is 9.62 Å². The number of methoxy groups -OCH3 is 1. The van der Waals surface area contributed by atoms with Crippen molar-refractivity contribution >= 4 is 10.0 Å². The molecule has 2 rings (SSSR count). The van der Waals surface area contributed by atoms with Crippen LogP contribution in [0, 0.1) is 0 Å². The molecule has 21 heavy (non-hydrogen) atoms. The highest BCUT2D eigenvalue weighted by molar-refractivity contribution is 7.89. The average Bonchev–Trinajstić information content (AvgIpc) is 3.29. The van der Waals surface area contributed by atoms with Crippen molar-refractivity contribution in [2.45, 2.75) is 37.6 Å². The third-order valence-corrected chi connectivity index (χ3v) is 5.96. The minimum absolute atomic E-state index is 0.375. The molecular weight excluding hydrogens is 288 g/mol. The van der Waals surface area contributed by atoms with Crippen molar-refractivity contribution in [2.75, 3.05) is 20.7 Å². The lowest BCUT2D eigenvalue weighted by Gasteiger charge is -2.22. The lowest BCUT2D eigenvalue weighted by Crippen LogP contribution is -2.40. The Morgan fingerprint density at radius 2 is 1.95 bits per heavy atom. The standard InChI is InChI=1S/C15H24N2O3S/c1-12(10-16-14-6-7-14)21(18,19)17(2)11-13-4-8-15(20-3)9-5-13/h4-5,8-9,12,14,16H,6-7,10-11H2,1-3H3. The number of sulfonamides is 1. The van der Waals surface area contributed by atoms with Gasteiger partial charge in [-0.25, -0.2) is 12.7 Å². The molecule has 0 bridgehead atoms. The molecule has 5 nitrogen and oxygen atoms in total. The van der Waals surface area contributed by atoms with Crippen molar-refractivity contribution in [3.63, 3.8) is 0 Å². The third-order valence-electron chi connectivity index (χ3n) is 3.78. The van der Waals surface area contributed by atoms with E-state index in [-0.39, 0.29) is 0 Å². The third kappa shape index (κ3) is 4.43. The van der Waals surface area contributed by atoms with E-state index < -0.39 is 15.3 Å². The molecule has 0 saturated heterocycles. The van der Waals surface area contributed by atoms with Crippen LogP contribution in [-0.2, 0) is 16.6 Å². The van der Waals surface area contributed by atoms with Gasteiger partial charge in [-0.05, 0) is 37.5 Å². The zero-order valence-corrected chi connectivity index (χ0v) is 13.7. The quantitative estimate of drug-likeness (QED) is 0.792. The highest BCUT2D eigenvalue weighted by Crippen LogP contribution is 2.20. The monoisotopic (exact) mass is 312 g/mol. The normalized spacial score (nSPS) is 17.0. The Morgan fingerprint density at radius 3 is 2.48 bits per heavy atom. The first-order chi connectivity index (χ1) is 9.93. The van der Waals surface area contributed by atoms with Crippen molar-refractivity contribution < 1.29 is 13.2 Å². The molecular formula is C15H24N2O3S. The van der Waals surface area contributed by atoms with E-state index >= 15 is 0 Å². The van der Waals surface area contributed by atoms with E-state index in [1.807, 2.05) is 24.3 Å². The topological polar surface area (TPSA) is 58.6 Å². The van der Waals surface area contributed by atoms with E-state index in [9.17, 15) is 8.42 Å². The molecule has 0 aliphatic heterocycles. The van der Waals surface area contributed by atoms with Crippen LogP contribution in [0.15, 0.2) is 24.3 Å². The Morgan fingerprint density at radius 1 is 1.33 bits per heavy atom. The summed E-state index contributed by atoms with van der Waals surface area (Å²) in [4.78, 5) is 0. The molecule has 0 heterocycles. The van der Waals surface area contributed by atoms with Gasteiger partial charge < -0.3 is 10.1 Å². The summed E-state index contributed by atoms with van der Waals surface area (Å²) < 4.78 is 31.4. The smallest absolute Gasteiger partial charge is 0.218 e. The minimum atomic E-state index is -3.28. The van der Waals surface area contributed by atoms with Gasteiger partial charge in [0.05, 0.1) is 12.4 Å². The lowest BCUT2D eigenvalue weighted by molar-refractivity contribution is 0.414. The zero-order chi connectivity index (χ0) is 15.5. The van der Waals surface area contributed by atoms with Gasteiger partial charge in [0, 0.05) is 26.2 Å². The molecule has 0 amide bonds. The summed E-state index contributed by atoms with van der Waals surface area (Å²) in [6, 6.07) is 7.98. The van der Waals surface area contributed by atoms with Gasteiger partial charge >= 0.3 is 0 Å². The minimum Gasteiger partial charge on any atom is -0.497 e. The SMILES string of the molecule is COc1ccc(CN(C)S(=O)(=O)C(C)CNC2CC2)cc1. The molecule has 1 atom stereocenters. The van der Waals surface area contributed by atoms with E-state index in [1.54, 1.807) is 21.1 Å². The van der Waals surface area contributed by atoms with E-state index in [0.717, 1.165) is 24.2 Å². The summed E-state index contributed by atoms with van der Waals surface area (Å²) in [7, 11) is -0.0378. The Balaban J connectivity index is 1.93. The molecule has 1 aromatic carbocycles. The second kappa shape index (κ2) is 6.77. The predicted octanol–water partition coefficient (Wildman–Crippen LogP) is 1.60. The number of rotatable bonds is 8. The lowest BCUT2D eigenvalue weighted by atomic mass is 10.2. The maximum Gasteiger partial charge on any atom is 0.218 e. The fourth-order valence-electron chi connectivity index (χ4n) is 2.11. The number of ether oxygens (including phenoxy) is 1. The van der Waals surface area contributed by atoms with Crippen LogP contribution < -0.4 is 10.1 Å². The van der Waals surface area contributed by atoms with Gasteiger partial charge in [-0.3, -0.25) is 0 Å². The molecule has 1 aliphatic rings. The molecule has 1 fully saturated rings. The highest BCUT2D eigenvalue weighted by Gasteiger charge is 2.28. The average molecular weight is 312 g/mol. The second-order valence-electron chi connectivity index (χ2n) is 5.64. The van der Waals surface area contributed by atoms with Gasteiger partial charge in [-0.15, -0.1) is 0 Å². The molecule has 0 spiro atoms. The summed E-state index contributed by atoms with van der Waals surface area (Å²) in [6.07, 6.45) is 2.32.